The molecule has 1 unspecified atom stereocenters. The van der Waals surface area contributed by atoms with Crippen molar-refractivity contribution in [2.24, 2.45) is 0 Å². The summed E-state index contributed by atoms with van der Waals surface area (Å²) in [7, 11) is 0. The molecule has 0 spiro atoms. The number of fused-ring (bicyclic) bond motifs is 1. The van der Waals surface area contributed by atoms with Crippen molar-refractivity contribution in [3.05, 3.63) is 17.0 Å². The Morgan fingerprint density at radius 3 is 3.18 bits per heavy atom. The molecule has 1 aromatic rings. The number of aliphatic hydroxyl groups excluding tert-OH is 1. The first-order chi connectivity index (χ1) is 8.22. The van der Waals surface area contributed by atoms with Gasteiger partial charge in [-0.2, -0.15) is 5.10 Å². The molecule has 3 N–H and O–H groups in total. The number of carbonyl (C=O) groups excluding carboxylic acids is 1. The first-order valence-electron chi connectivity index (χ1n) is 6.24. The van der Waals surface area contributed by atoms with E-state index in [1.165, 1.54) is 0 Å². The molecule has 0 aromatic carbocycles. The molecule has 1 amide bonds. The van der Waals surface area contributed by atoms with Crippen molar-refractivity contribution in [2.75, 3.05) is 6.54 Å². The summed E-state index contributed by atoms with van der Waals surface area (Å²) in [6, 6.07) is 0. The zero-order chi connectivity index (χ0) is 12.3. The third-order valence-electron chi connectivity index (χ3n) is 3.26. The van der Waals surface area contributed by atoms with Crippen molar-refractivity contribution in [3.63, 3.8) is 0 Å². The maximum Gasteiger partial charge on any atom is 0.272 e. The molecule has 1 aliphatic carbocycles. The maximum absolute atomic E-state index is 11.9. The van der Waals surface area contributed by atoms with E-state index in [1.807, 2.05) is 6.92 Å². The van der Waals surface area contributed by atoms with Crippen molar-refractivity contribution in [1.29, 1.82) is 0 Å². The van der Waals surface area contributed by atoms with E-state index in [4.69, 9.17) is 0 Å². The van der Waals surface area contributed by atoms with Crippen LogP contribution in [0.25, 0.3) is 0 Å². The average Bonchev–Trinajstić information content (AvgIpc) is 2.89. The lowest BCUT2D eigenvalue weighted by atomic mass is 10.2. The fourth-order valence-electron chi connectivity index (χ4n) is 2.15. The summed E-state index contributed by atoms with van der Waals surface area (Å²) in [6.45, 7) is 2.42. The first kappa shape index (κ1) is 12.1. The summed E-state index contributed by atoms with van der Waals surface area (Å²) in [5.41, 5.74) is 2.70. The van der Waals surface area contributed by atoms with Gasteiger partial charge in [0.2, 0.25) is 0 Å². The largest absolute Gasteiger partial charge is 0.393 e. The van der Waals surface area contributed by atoms with E-state index in [0.717, 1.165) is 30.5 Å². The van der Waals surface area contributed by atoms with E-state index in [2.05, 4.69) is 15.5 Å². The molecule has 0 saturated heterocycles. The Hall–Kier alpha value is -1.36. The minimum absolute atomic E-state index is 0.132. The Morgan fingerprint density at radius 2 is 2.41 bits per heavy atom. The van der Waals surface area contributed by atoms with Gasteiger partial charge in [-0.25, -0.2) is 0 Å². The summed E-state index contributed by atoms with van der Waals surface area (Å²) in [4.78, 5) is 11.9. The molecule has 5 heteroatoms. The van der Waals surface area contributed by atoms with Crippen LogP contribution >= 0.6 is 0 Å². The van der Waals surface area contributed by atoms with E-state index >= 15 is 0 Å². The number of aryl methyl sites for hydroxylation is 1. The van der Waals surface area contributed by atoms with Gasteiger partial charge in [0.1, 0.15) is 0 Å². The van der Waals surface area contributed by atoms with Crippen molar-refractivity contribution in [1.82, 2.24) is 15.5 Å². The number of nitrogens with zero attached hydrogens (tertiary/aromatic N) is 1. The standard InChI is InChI=1S/C12H19N3O2/c1-2-8(16)6-7-13-12(17)11-9-4-3-5-10(9)14-15-11/h8,16H,2-7H2,1H3,(H,13,17)(H,14,15). The number of nitrogens with one attached hydrogen (secondary N) is 2. The van der Waals surface area contributed by atoms with Gasteiger partial charge in [-0.15, -0.1) is 0 Å². The molecule has 0 aliphatic heterocycles. The number of aromatic nitrogens is 2. The lowest BCUT2D eigenvalue weighted by Gasteiger charge is -2.08. The highest BCUT2D eigenvalue weighted by Gasteiger charge is 2.22. The van der Waals surface area contributed by atoms with Gasteiger partial charge >= 0.3 is 0 Å². The number of carbonyl (C=O) groups is 1. The molecule has 1 aliphatic rings. The molecular weight excluding hydrogens is 218 g/mol. The lowest BCUT2D eigenvalue weighted by molar-refractivity contribution is 0.0936. The Morgan fingerprint density at radius 1 is 1.59 bits per heavy atom. The van der Waals surface area contributed by atoms with Crippen LogP contribution in [-0.4, -0.2) is 33.9 Å². The molecule has 5 nitrogen and oxygen atoms in total. The average molecular weight is 237 g/mol. The van der Waals surface area contributed by atoms with Crippen LogP contribution in [0, 0.1) is 0 Å². The third-order valence-corrected chi connectivity index (χ3v) is 3.26. The van der Waals surface area contributed by atoms with Gasteiger partial charge in [-0.3, -0.25) is 9.89 Å². The summed E-state index contributed by atoms with van der Waals surface area (Å²) in [6.07, 6.45) is 4.00. The molecule has 0 radical (unpaired) electrons. The van der Waals surface area contributed by atoms with E-state index in [9.17, 15) is 9.90 Å². The van der Waals surface area contributed by atoms with Gasteiger partial charge in [0, 0.05) is 17.8 Å². The predicted molar refractivity (Wildman–Crippen MR) is 63.9 cm³/mol. The number of H-pyrrole nitrogens is 1. The number of aromatic amines is 1. The Balaban J connectivity index is 1.87. The van der Waals surface area contributed by atoms with Gasteiger partial charge in [0.25, 0.3) is 5.91 Å². The normalized spacial score (nSPS) is 15.6. The van der Waals surface area contributed by atoms with Gasteiger partial charge < -0.3 is 10.4 Å². The molecule has 0 saturated carbocycles. The minimum atomic E-state index is -0.333. The molecule has 1 atom stereocenters. The van der Waals surface area contributed by atoms with Crippen LogP contribution < -0.4 is 5.32 Å². The molecule has 1 aromatic heterocycles. The van der Waals surface area contributed by atoms with E-state index in [0.29, 0.717) is 25.1 Å². The molecule has 0 fully saturated rings. The lowest BCUT2D eigenvalue weighted by Crippen LogP contribution is -2.28. The molecule has 0 bridgehead atoms. The maximum atomic E-state index is 11.9. The third kappa shape index (κ3) is 2.66. The Kier molecular flexibility index (Phi) is 3.78. The monoisotopic (exact) mass is 237 g/mol. The number of hydrogen-bond acceptors (Lipinski definition) is 3. The number of rotatable bonds is 5. The van der Waals surface area contributed by atoms with Crippen LogP contribution in [0.2, 0.25) is 0 Å². The topological polar surface area (TPSA) is 78.0 Å². The van der Waals surface area contributed by atoms with E-state index in [1.54, 1.807) is 0 Å². The Bertz CT molecular complexity index is 400. The van der Waals surface area contributed by atoms with Crippen LogP contribution in [0.15, 0.2) is 0 Å². The Labute approximate surface area is 101 Å². The van der Waals surface area contributed by atoms with E-state index in [-0.39, 0.29) is 12.0 Å². The SMILES string of the molecule is CCC(O)CCNC(=O)c1n[nH]c2c1CCC2. The highest BCUT2D eigenvalue weighted by atomic mass is 16.3. The second kappa shape index (κ2) is 5.31. The number of hydrogen-bond donors (Lipinski definition) is 3. The van der Waals surface area contributed by atoms with Gasteiger partial charge in [0.05, 0.1) is 6.10 Å². The zero-order valence-corrected chi connectivity index (χ0v) is 10.1. The number of aliphatic hydroxyl groups is 1. The number of amides is 1. The summed E-state index contributed by atoms with van der Waals surface area (Å²) in [5.74, 6) is -0.132. The summed E-state index contributed by atoms with van der Waals surface area (Å²) >= 11 is 0. The van der Waals surface area contributed by atoms with Gasteiger partial charge in [0.15, 0.2) is 5.69 Å². The van der Waals surface area contributed by atoms with Crippen molar-refractivity contribution < 1.29 is 9.90 Å². The molecule has 94 valence electrons. The van der Waals surface area contributed by atoms with Crippen LogP contribution in [0.1, 0.15) is 47.9 Å². The summed E-state index contributed by atoms with van der Waals surface area (Å²) in [5, 5.41) is 19.2. The molecular formula is C12H19N3O2. The van der Waals surface area contributed by atoms with Crippen molar-refractivity contribution in [3.8, 4) is 0 Å². The molecule has 1 heterocycles. The highest BCUT2D eigenvalue weighted by molar-refractivity contribution is 5.94. The van der Waals surface area contributed by atoms with E-state index < -0.39 is 0 Å². The van der Waals surface area contributed by atoms with Crippen LogP contribution in [-0.2, 0) is 12.8 Å². The highest BCUT2D eigenvalue weighted by Crippen LogP contribution is 2.22. The minimum Gasteiger partial charge on any atom is -0.393 e. The van der Waals surface area contributed by atoms with Gasteiger partial charge in [-0.05, 0) is 32.1 Å². The van der Waals surface area contributed by atoms with Crippen LogP contribution in [0.5, 0.6) is 0 Å². The smallest absolute Gasteiger partial charge is 0.272 e. The second-order valence-electron chi connectivity index (χ2n) is 4.49. The molecule has 17 heavy (non-hydrogen) atoms. The fourth-order valence-corrected chi connectivity index (χ4v) is 2.15. The quantitative estimate of drug-likeness (QED) is 0.708. The van der Waals surface area contributed by atoms with Crippen LogP contribution in [0.3, 0.4) is 0 Å². The first-order valence-corrected chi connectivity index (χ1v) is 6.24. The van der Waals surface area contributed by atoms with Crippen molar-refractivity contribution >= 4 is 5.91 Å². The predicted octanol–water partition coefficient (Wildman–Crippen LogP) is 0.789. The summed E-state index contributed by atoms with van der Waals surface area (Å²) < 4.78 is 0. The fraction of sp³-hybridized carbons (Fsp3) is 0.667. The zero-order valence-electron chi connectivity index (χ0n) is 10.1. The molecule has 2 rings (SSSR count). The second-order valence-corrected chi connectivity index (χ2v) is 4.49. The van der Waals surface area contributed by atoms with Crippen LogP contribution in [0.4, 0.5) is 0 Å². The van der Waals surface area contributed by atoms with Crippen molar-refractivity contribution in [2.45, 2.75) is 45.1 Å². The van der Waals surface area contributed by atoms with Gasteiger partial charge in [-0.1, -0.05) is 6.92 Å².